The molecule has 0 atom stereocenters. The second kappa shape index (κ2) is 9.87. The third kappa shape index (κ3) is 6.38. The Morgan fingerprint density at radius 2 is 1.77 bits per heavy atom. The Morgan fingerprint density at radius 3 is 2.36 bits per heavy atom. The first-order valence-corrected chi connectivity index (χ1v) is 7.94. The fourth-order valence-corrected chi connectivity index (χ4v) is 2.76. The quantitative estimate of drug-likeness (QED) is 0.334. The first kappa shape index (κ1) is 19.0. The maximum Gasteiger partial charge on any atom is 0.191 e. The molecule has 1 aromatic rings. The molecule has 0 aliphatic heterocycles. The molecule has 0 bridgehead atoms. The van der Waals surface area contributed by atoms with Gasteiger partial charge in [-0.05, 0) is 45.6 Å². The van der Waals surface area contributed by atoms with Gasteiger partial charge in [0.1, 0.15) is 0 Å². The number of rotatable bonds is 5. The summed E-state index contributed by atoms with van der Waals surface area (Å²) >= 11 is 0. The van der Waals surface area contributed by atoms with Gasteiger partial charge in [0.25, 0.3) is 0 Å². The van der Waals surface area contributed by atoms with E-state index in [1.807, 2.05) is 0 Å². The van der Waals surface area contributed by atoms with Gasteiger partial charge in [0.05, 0.1) is 0 Å². The van der Waals surface area contributed by atoms with E-state index in [9.17, 15) is 0 Å². The van der Waals surface area contributed by atoms with Crippen LogP contribution in [0, 0.1) is 13.8 Å². The van der Waals surface area contributed by atoms with Crippen LogP contribution in [0.1, 0.15) is 36.5 Å². The van der Waals surface area contributed by atoms with Gasteiger partial charge in [0, 0.05) is 19.1 Å². The van der Waals surface area contributed by atoms with Crippen LogP contribution in [0.3, 0.4) is 0 Å². The van der Waals surface area contributed by atoms with E-state index in [0.717, 1.165) is 38.3 Å². The molecule has 0 fully saturated rings. The summed E-state index contributed by atoms with van der Waals surface area (Å²) < 4.78 is 0. The van der Waals surface area contributed by atoms with Gasteiger partial charge in [-0.15, -0.1) is 24.0 Å². The third-order valence-corrected chi connectivity index (χ3v) is 3.64. The van der Waals surface area contributed by atoms with Crippen LogP contribution in [0.2, 0.25) is 0 Å². The van der Waals surface area contributed by atoms with E-state index >= 15 is 0 Å². The molecule has 2 rings (SSSR count). The van der Waals surface area contributed by atoms with Gasteiger partial charge in [-0.3, -0.25) is 4.99 Å². The Kier molecular flexibility index (Phi) is 8.53. The summed E-state index contributed by atoms with van der Waals surface area (Å²) in [6, 6.07) is 7.22. The van der Waals surface area contributed by atoms with E-state index in [1.54, 1.807) is 0 Å². The molecule has 0 unspecified atom stereocenters. The van der Waals surface area contributed by atoms with Gasteiger partial charge in [0.15, 0.2) is 5.96 Å². The van der Waals surface area contributed by atoms with Crippen molar-refractivity contribution in [3.63, 3.8) is 0 Å². The molecule has 122 valence electrons. The van der Waals surface area contributed by atoms with Crippen LogP contribution in [0.15, 0.2) is 35.3 Å². The number of nitrogens with one attached hydrogen (secondary N) is 2. The first-order valence-electron chi connectivity index (χ1n) is 7.94. The monoisotopic (exact) mass is 413 g/mol. The highest BCUT2D eigenvalue weighted by Gasteiger charge is 2.11. The second-order valence-electron chi connectivity index (χ2n) is 5.79. The molecule has 4 heteroatoms. The van der Waals surface area contributed by atoms with Crippen LogP contribution < -0.4 is 10.6 Å². The van der Waals surface area contributed by atoms with Crippen molar-refractivity contribution in [2.45, 2.75) is 46.1 Å². The smallest absolute Gasteiger partial charge is 0.191 e. The lowest BCUT2D eigenvalue weighted by Gasteiger charge is -2.16. The van der Waals surface area contributed by atoms with E-state index in [0.29, 0.717) is 6.04 Å². The predicted molar refractivity (Wildman–Crippen MR) is 106 cm³/mol. The van der Waals surface area contributed by atoms with Crippen molar-refractivity contribution in [2.24, 2.45) is 4.99 Å². The summed E-state index contributed by atoms with van der Waals surface area (Å²) in [6.07, 6.45) is 7.65. The Hall–Kier alpha value is -1.04. The molecule has 0 saturated carbocycles. The molecule has 1 aromatic carbocycles. The highest BCUT2D eigenvalue weighted by Crippen LogP contribution is 2.10. The minimum atomic E-state index is 0. The lowest BCUT2D eigenvalue weighted by atomic mass is 10.1. The minimum Gasteiger partial charge on any atom is -0.357 e. The summed E-state index contributed by atoms with van der Waals surface area (Å²) in [7, 11) is 0. The van der Waals surface area contributed by atoms with E-state index in [2.05, 4.69) is 61.8 Å². The highest BCUT2D eigenvalue weighted by atomic mass is 127. The molecule has 2 N–H and O–H groups in total. The highest BCUT2D eigenvalue weighted by molar-refractivity contribution is 14.0. The van der Waals surface area contributed by atoms with Crippen molar-refractivity contribution in [3.8, 4) is 0 Å². The molecule has 3 nitrogen and oxygen atoms in total. The second-order valence-corrected chi connectivity index (χ2v) is 5.79. The molecule has 0 spiro atoms. The minimum absolute atomic E-state index is 0. The van der Waals surface area contributed by atoms with E-state index in [1.165, 1.54) is 16.7 Å². The average molecular weight is 413 g/mol. The molecule has 22 heavy (non-hydrogen) atoms. The lowest BCUT2D eigenvalue weighted by molar-refractivity contribution is 0.633. The summed E-state index contributed by atoms with van der Waals surface area (Å²) in [5, 5.41) is 6.83. The zero-order chi connectivity index (χ0) is 15.1. The number of hydrogen-bond acceptors (Lipinski definition) is 1. The largest absolute Gasteiger partial charge is 0.357 e. The Bertz CT molecular complexity index is 495. The number of aliphatic imine (C=N–C) groups is 1. The topological polar surface area (TPSA) is 36.4 Å². The van der Waals surface area contributed by atoms with Crippen molar-refractivity contribution < 1.29 is 0 Å². The molecule has 0 aromatic heterocycles. The number of halogens is 1. The van der Waals surface area contributed by atoms with Crippen LogP contribution in [-0.2, 0) is 6.42 Å². The third-order valence-electron chi connectivity index (χ3n) is 3.64. The number of aryl methyl sites for hydroxylation is 2. The summed E-state index contributed by atoms with van der Waals surface area (Å²) in [5.74, 6) is 0.940. The SMILES string of the molecule is CCNC(=NCCc1cc(C)cc(C)c1)NC1CC=CC1.I. The summed E-state index contributed by atoms with van der Waals surface area (Å²) in [6.45, 7) is 8.12. The first-order chi connectivity index (χ1) is 10.2. The normalized spacial score (nSPS) is 14.8. The Morgan fingerprint density at radius 1 is 1.14 bits per heavy atom. The van der Waals surface area contributed by atoms with Gasteiger partial charge in [-0.2, -0.15) is 0 Å². The van der Waals surface area contributed by atoms with Crippen LogP contribution in [0.5, 0.6) is 0 Å². The fourth-order valence-electron chi connectivity index (χ4n) is 2.76. The maximum absolute atomic E-state index is 4.70. The molecular weight excluding hydrogens is 385 g/mol. The van der Waals surface area contributed by atoms with E-state index < -0.39 is 0 Å². The van der Waals surface area contributed by atoms with Crippen LogP contribution in [0.25, 0.3) is 0 Å². The Balaban J connectivity index is 0.00000242. The molecular formula is C18H28IN3. The molecule has 0 amide bonds. The van der Waals surface area contributed by atoms with Crippen molar-refractivity contribution in [2.75, 3.05) is 13.1 Å². The number of nitrogens with zero attached hydrogens (tertiary/aromatic N) is 1. The van der Waals surface area contributed by atoms with Crippen molar-refractivity contribution >= 4 is 29.9 Å². The average Bonchev–Trinajstić information content (AvgIpc) is 2.90. The van der Waals surface area contributed by atoms with Crippen LogP contribution in [0.4, 0.5) is 0 Å². The molecule has 0 radical (unpaired) electrons. The molecule has 0 heterocycles. The van der Waals surface area contributed by atoms with Gasteiger partial charge in [-0.1, -0.05) is 41.5 Å². The zero-order valence-electron chi connectivity index (χ0n) is 13.9. The number of guanidine groups is 1. The number of benzene rings is 1. The van der Waals surface area contributed by atoms with Gasteiger partial charge in [0.2, 0.25) is 0 Å². The zero-order valence-corrected chi connectivity index (χ0v) is 16.2. The maximum atomic E-state index is 4.70. The van der Waals surface area contributed by atoms with Gasteiger partial charge in [-0.25, -0.2) is 0 Å². The van der Waals surface area contributed by atoms with Crippen LogP contribution in [-0.4, -0.2) is 25.1 Å². The molecule has 1 aliphatic rings. The van der Waals surface area contributed by atoms with Gasteiger partial charge < -0.3 is 10.6 Å². The van der Waals surface area contributed by atoms with Crippen molar-refractivity contribution in [3.05, 3.63) is 47.0 Å². The fraction of sp³-hybridized carbons (Fsp3) is 0.500. The molecule has 1 aliphatic carbocycles. The summed E-state index contributed by atoms with van der Waals surface area (Å²) in [5.41, 5.74) is 4.03. The molecule has 0 saturated heterocycles. The standard InChI is InChI=1S/C18H27N3.HI/c1-4-19-18(21-17-7-5-6-8-17)20-10-9-16-12-14(2)11-15(3)13-16;/h5-6,11-13,17H,4,7-10H2,1-3H3,(H2,19,20,21);1H. The van der Waals surface area contributed by atoms with E-state index in [4.69, 9.17) is 4.99 Å². The van der Waals surface area contributed by atoms with Crippen molar-refractivity contribution in [1.29, 1.82) is 0 Å². The lowest BCUT2D eigenvalue weighted by Crippen LogP contribution is -2.42. The Labute approximate surface area is 151 Å². The number of hydrogen-bond donors (Lipinski definition) is 2. The summed E-state index contributed by atoms with van der Waals surface area (Å²) in [4.78, 5) is 4.70. The van der Waals surface area contributed by atoms with Gasteiger partial charge >= 0.3 is 0 Å². The van der Waals surface area contributed by atoms with E-state index in [-0.39, 0.29) is 24.0 Å². The van der Waals surface area contributed by atoms with Crippen LogP contribution >= 0.6 is 24.0 Å². The predicted octanol–water partition coefficient (Wildman–Crippen LogP) is 3.74. The van der Waals surface area contributed by atoms with Crippen molar-refractivity contribution in [1.82, 2.24) is 10.6 Å².